The number of pyridine rings is 1. The Balaban J connectivity index is 1.74. The summed E-state index contributed by atoms with van der Waals surface area (Å²) in [4.78, 5) is 20.2. The molecule has 0 atom stereocenters. The number of aromatic amines is 1. The fraction of sp³-hybridized carbons (Fsp3) is 0.111. The average Bonchev–Trinajstić information content (AvgIpc) is 3.16. The lowest BCUT2D eigenvalue weighted by Crippen LogP contribution is -2.15. The van der Waals surface area contributed by atoms with Crippen molar-refractivity contribution in [3.63, 3.8) is 0 Å². The Morgan fingerprint density at radius 2 is 2.08 bits per heavy atom. The number of rotatable bonds is 3. The molecule has 0 saturated heterocycles. The van der Waals surface area contributed by atoms with Crippen LogP contribution in [0.5, 0.6) is 0 Å². The first-order valence-electron chi connectivity index (χ1n) is 7.61. The monoisotopic (exact) mass is 336 g/mol. The van der Waals surface area contributed by atoms with Gasteiger partial charge < -0.3 is 15.6 Å². The molecule has 5 nitrogen and oxygen atoms in total. The molecule has 0 unspecified atom stereocenters. The molecule has 1 aromatic carbocycles. The highest BCUT2D eigenvalue weighted by molar-refractivity contribution is 7.21. The van der Waals surface area contributed by atoms with Crippen LogP contribution in [0.25, 0.3) is 21.1 Å². The third-order valence-corrected chi connectivity index (χ3v) is 5.05. The Bertz CT molecular complexity index is 1060. The summed E-state index contributed by atoms with van der Waals surface area (Å²) >= 11 is 1.44. The average molecular weight is 336 g/mol. The first kappa shape index (κ1) is 14.7. The van der Waals surface area contributed by atoms with Gasteiger partial charge in [0.25, 0.3) is 5.91 Å². The summed E-state index contributed by atoms with van der Waals surface area (Å²) in [5.74, 6) is -0.0897. The molecule has 3 heterocycles. The molecular formula is C18H16N4OS. The zero-order valence-corrected chi connectivity index (χ0v) is 14.1. The van der Waals surface area contributed by atoms with E-state index in [2.05, 4.69) is 38.8 Å². The number of hydrogen-bond donors (Lipinski definition) is 3. The standard InChI is InChI=1S/C18H16N4OS/c1-10-7-11-8-12(3-4-13(11)21-10)22-14-5-6-20-15-9-16(18(23)19-2)24-17(14)15/h3-9,21H,1-2H3,(H,19,23)(H,20,22). The fourth-order valence-corrected chi connectivity index (χ4v) is 3.81. The number of carbonyl (C=O) groups excluding carboxylic acids is 1. The van der Waals surface area contributed by atoms with Crippen LogP contribution < -0.4 is 10.6 Å². The number of carbonyl (C=O) groups is 1. The summed E-state index contributed by atoms with van der Waals surface area (Å²) in [5.41, 5.74) is 5.04. The maximum Gasteiger partial charge on any atom is 0.261 e. The van der Waals surface area contributed by atoms with Crippen molar-refractivity contribution in [3.8, 4) is 0 Å². The number of nitrogens with zero attached hydrogens (tertiary/aromatic N) is 1. The van der Waals surface area contributed by atoms with E-state index in [0.717, 1.165) is 32.8 Å². The number of thiophene rings is 1. The van der Waals surface area contributed by atoms with E-state index in [1.165, 1.54) is 16.7 Å². The number of hydrogen-bond acceptors (Lipinski definition) is 4. The highest BCUT2D eigenvalue weighted by Gasteiger charge is 2.12. The van der Waals surface area contributed by atoms with E-state index < -0.39 is 0 Å². The summed E-state index contributed by atoms with van der Waals surface area (Å²) in [7, 11) is 1.63. The van der Waals surface area contributed by atoms with Crippen LogP contribution in [0.15, 0.2) is 42.6 Å². The van der Waals surface area contributed by atoms with Gasteiger partial charge in [-0.25, -0.2) is 0 Å². The molecule has 4 aromatic rings. The van der Waals surface area contributed by atoms with Gasteiger partial charge in [0.15, 0.2) is 0 Å². The first-order valence-corrected chi connectivity index (χ1v) is 8.43. The molecule has 3 aromatic heterocycles. The van der Waals surface area contributed by atoms with Crippen LogP contribution in [0, 0.1) is 6.92 Å². The van der Waals surface area contributed by atoms with Crippen LogP contribution in [0.4, 0.5) is 11.4 Å². The van der Waals surface area contributed by atoms with Crippen molar-refractivity contribution in [1.82, 2.24) is 15.3 Å². The Hall–Kier alpha value is -2.86. The molecule has 0 spiro atoms. The number of aromatic nitrogens is 2. The second-order valence-electron chi connectivity index (χ2n) is 5.64. The molecule has 0 fully saturated rings. The number of benzene rings is 1. The highest BCUT2D eigenvalue weighted by atomic mass is 32.1. The Morgan fingerprint density at radius 1 is 1.21 bits per heavy atom. The van der Waals surface area contributed by atoms with E-state index >= 15 is 0 Å². The largest absolute Gasteiger partial charge is 0.359 e. The van der Waals surface area contributed by atoms with Crippen LogP contribution >= 0.6 is 11.3 Å². The van der Waals surface area contributed by atoms with E-state index in [0.29, 0.717) is 4.88 Å². The van der Waals surface area contributed by atoms with Crippen LogP contribution in [-0.2, 0) is 0 Å². The lowest BCUT2D eigenvalue weighted by Gasteiger charge is -2.07. The van der Waals surface area contributed by atoms with Gasteiger partial charge in [-0.3, -0.25) is 9.78 Å². The third-order valence-electron chi connectivity index (χ3n) is 3.90. The van der Waals surface area contributed by atoms with E-state index in [1.54, 1.807) is 13.2 Å². The topological polar surface area (TPSA) is 69.8 Å². The molecule has 3 N–H and O–H groups in total. The number of H-pyrrole nitrogens is 1. The second-order valence-corrected chi connectivity index (χ2v) is 6.69. The minimum absolute atomic E-state index is 0.0897. The molecule has 6 heteroatoms. The van der Waals surface area contributed by atoms with E-state index in [4.69, 9.17) is 0 Å². The molecular weight excluding hydrogens is 320 g/mol. The second kappa shape index (κ2) is 5.65. The Morgan fingerprint density at radius 3 is 2.92 bits per heavy atom. The minimum atomic E-state index is -0.0897. The van der Waals surface area contributed by atoms with Gasteiger partial charge in [-0.2, -0.15) is 0 Å². The molecule has 0 bridgehead atoms. The van der Waals surface area contributed by atoms with Crippen molar-refractivity contribution in [3.05, 3.63) is 53.2 Å². The summed E-state index contributed by atoms with van der Waals surface area (Å²) in [6, 6.07) is 12.1. The maximum atomic E-state index is 11.8. The Labute approximate surface area is 142 Å². The maximum absolute atomic E-state index is 11.8. The van der Waals surface area contributed by atoms with Crippen molar-refractivity contribution in [1.29, 1.82) is 0 Å². The van der Waals surface area contributed by atoms with Gasteiger partial charge in [0.1, 0.15) is 0 Å². The van der Waals surface area contributed by atoms with E-state index in [9.17, 15) is 4.79 Å². The van der Waals surface area contributed by atoms with Gasteiger partial charge in [0.05, 0.1) is 20.8 Å². The first-order chi connectivity index (χ1) is 11.6. The fourth-order valence-electron chi connectivity index (χ4n) is 2.78. The van der Waals surface area contributed by atoms with Crippen molar-refractivity contribution in [2.24, 2.45) is 0 Å². The van der Waals surface area contributed by atoms with Gasteiger partial charge >= 0.3 is 0 Å². The molecule has 120 valence electrons. The quantitative estimate of drug-likeness (QED) is 0.525. The van der Waals surface area contributed by atoms with Gasteiger partial charge in [0, 0.05) is 35.5 Å². The Kier molecular flexibility index (Phi) is 3.46. The van der Waals surface area contributed by atoms with Gasteiger partial charge in [0.2, 0.25) is 0 Å². The summed E-state index contributed by atoms with van der Waals surface area (Å²) in [6.07, 6.45) is 1.75. The van der Waals surface area contributed by atoms with E-state index in [1.807, 2.05) is 25.1 Å². The van der Waals surface area contributed by atoms with Gasteiger partial charge in [-0.15, -0.1) is 11.3 Å². The lowest BCUT2D eigenvalue weighted by atomic mass is 10.2. The van der Waals surface area contributed by atoms with Crippen LogP contribution in [-0.4, -0.2) is 22.9 Å². The lowest BCUT2D eigenvalue weighted by molar-refractivity contribution is 0.0967. The zero-order valence-electron chi connectivity index (χ0n) is 13.3. The molecule has 1 amide bonds. The summed E-state index contributed by atoms with van der Waals surface area (Å²) in [6.45, 7) is 2.05. The minimum Gasteiger partial charge on any atom is -0.359 e. The summed E-state index contributed by atoms with van der Waals surface area (Å²) in [5, 5.41) is 7.26. The van der Waals surface area contributed by atoms with Gasteiger partial charge in [-0.05, 0) is 43.3 Å². The molecule has 24 heavy (non-hydrogen) atoms. The normalized spacial score (nSPS) is 11.1. The van der Waals surface area contributed by atoms with Crippen LogP contribution in [0.1, 0.15) is 15.4 Å². The van der Waals surface area contributed by atoms with Crippen molar-refractivity contribution in [2.75, 3.05) is 12.4 Å². The number of anilines is 2. The molecule has 0 aliphatic rings. The predicted molar refractivity (Wildman–Crippen MR) is 99.3 cm³/mol. The predicted octanol–water partition coefficient (Wildman–Crippen LogP) is 4.19. The highest BCUT2D eigenvalue weighted by Crippen LogP contribution is 2.33. The smallest absolute Gasteiger partial charge is 0.261 e. The number of fused-ring (bicyclic) bond motifs is 2. The molecule has 0 saturated carbocycles. The molecule has 4 rings (SSSR count). The number of aryl methyl sites for hydroxylation is 1. The molecule has 0 aliphatic carbocycles. The molecule has 0 aliphatic heterocycles. The van der Waals surface area contributed by atoms with Gasteiger partial charge in [-0.1, -0.05) is 0 Å². The zero-order chi connectivity index (χ0) is 16.7. The van der Waals surface area contributed by atoms with Crippen molar-refractivity contribution < 1.29 is 4.79 Å². The molecule has 0 radical (unpaired) electrons. The number of amides is 1. The van der Waals surface area contributed by atoms with Crippen LogP contribution in [0.2, 0.25) is 0 Å². The van der Waals surface area contributed by atoms with Crippen molar-refractivity contribution >= 4 is 49.7 Å². The van der Waals surface area contributed by atoms with Crippen molar-refractivity contribution in [2.45, 2.75) is 6.92 Å². The van der Waals surface area contributed by atoms with E-state index in [-0.39, 0.29) is 5.91 Å². The number of nitrogens with one attached hydrogen (secondary N) is 3. The SMILES string of the molecule is CNC(=O)c1cc2nccc(Nc3ccc4[nH]c(C)cc4c3)c2s1. The van der Waals surface area contributed by atoms with Crippen LogP contribution in [0.3, 0.4) is 0 Å². The third kappa shape index (κ3) is 2.51. The summed E-state index contributed by atoms with van der Waals surface area (Å²) < 4.78 is 0.974.